The standard InChI is InChI=1S/2C6H8N2.C4H8O2/c2*7-5-6-3-1-2-4-8-6;1-3-6-4(2)5/h2*1-4H,5,7H2;3H2,1-2H3. The molecule has 0 aliphatic heterocycles. The molecule has 6 heteroatoms. The summed E-state index contributed by atoms with van der Waals surface area (Å²) >= 11 is 0. The minimum Gasteiger partial charge on any atom is -0.466 e. The van der Waals surface area contributed by atoms with Crippen LogP contribution in [0.5, 0.6) is 0 Å². The Morgan fingerprint density at radius 2 is 1.45 bits per heavy atom. The predicted molar refractivity (Wildman–Crippen MR) is 86.6 cm³/mol. The Labute approximate surface area is 131 Å². The van der Waals surface area contributed by atoms with Gasteiger partial charge in [0.05, 0.1) is 18.0 Å². The molecule has 0 aromatic carbocycles. The average Bonchev–Trinajstić information content (AvgIpc) is 2.57. The van der Waals surface area contributed by atoms with Crippen molar-refractivity contribution in [1.29, 1.82) is 0 Å². The molecule has 0 aliphatic rings. The summed E-state index contributed by atoms with van der Waals surface area (Å²) in [6.45, 7) is 4.71. The zero-order valence-corrected chi connectivity index (χ0v) is 13.1. The van der Waals surface area contributed by atoms with E-state index in [0.29, 0.717) is 19.7 Å². The first-order valence-electron chi connectivity index (χ1n) is 6.97. The predicted octanol–water partition coefficient (Wildman–Crippen LogP) is 1.65. The van der Waals surface area contributed by atoms with Crippen molar-refractivity contribution >= 4 is 5.97 Å². The van der Waals surface area contributed by atoms with Crippen LogP contribution in [0.15, 0.2) is 48.8 Å². The van der Waals surface area contributed by atoms with E-state index in [1.54, 1.807) is 19.3 Å². The molecule has 0 radical (unpaired) electrons. The number of esters is 1. The van der Waals surface area contributed by atoms with E-state index >= 15 is 0 Å². The normalized spacial score (nSPS) is 8.73. The maximum absolute atomic E-state index is 9.82. The van der Waals surface area contributed by atoms with E-state index in [-0.39, 0.29) is 5.97 Å². The number of carbonyl (C=O) groups is 1. The molecule has 0 saturated heterocycles. The number of hydrogen-bond acceptors (Lipinski definition) is 6. The molecular formula is C16H24N4O2. The van der Waals surface area contributed by atoms with Gasteiger partial charge in [0, 0.05) is 32.4 Å². The highest BCUT2D eigenvalue weighted by molar-refractivity contribution is 5.65. The van der Waals surface area contributed by atoms with Gasteiger partial charge in [-0.05, 0) is 31.2 Å². The largest absolute Gasteiger partial charge is 0.466 e. The third-order valence-corrected chi connectivity index (χ3v) is 2.22. The zero-order valence-electron chi connectivity index (χ0n) is 13.1. The molecule has 0 saturated carbocycles. The second kappa shape index (κ2) is 13.7. The van der Waals surface area contributed by atoms with E-state index in [0.717, 1.165) is 11.4 Å². The van der Waals surface area contributed by atoms with Gasteiger partial charge < -0.3 is 16.2 Å². The highest BCUT2D eigenvalue weighted by Gasteiger charge is 1.83. The van der Waals surface area contributed by atoms with Gasteiger partial charge in [-0.3, -0.25) is 14.8 Å². The van der Waals surface area contributed by atoms with Crippen molar-refractivity contribution in [3.8, 4) is 0 Å². The van der Waals surface area contributed by atoms with Crippen LogP contribution in [0, 0.1) is 0 Å². The first kappa shape index (κ1) is 19.7. The quantitative estimate of drug-likeness (QED) is 0.836. The maximum Gasteiger partial charge on any atom is 0.302 e. The van der Waals surface area contributed by atoms with Crippen molar-refractivity contribution < 1.29 is 9.53 Å². The molecule has 6 nitrogen and oxygen atoms in total. The van der Waals surface area contributed by atoms with Crippen molar-refractivity contribution in [2.24, 2.45) is 11.5 Å². The van der Waals surface area contributed by atoms with Gasteiger partial charge in [0.1, 0.15) is 0 Å². The van der Waals surface area contributed by atoms with Gasteiger partial charge in [0.25, 0.3) is 0 Å². The zero-order chi connectivity index (χ0) is 16.6. The minimum absolute atomic E-state index is 0.211. The lowest BCUT2D eigenvalue weighted by atomic mass is 10.4. The molecule has 2 aromatic rings. The summed E-state index contributed by atoms with van der Waals surface area (Å²) in [7, 11) is 0. The van der Waals surface area contributed by atoms with Gasteiger partial charge in [0.15, 0.2) is 0 Å². The molecular weight excluding hydrogens is 280 g/mol. The molecule has 22 heavy (non-hydrogen) atoms. The number of pyridine rings is 2. The lowest BCUT2D eigenvalue weighted by Crippen LogP contribution is -1.97. The van der Waals surface area contributed by atoms with Gasteiger partial charge in [0.2, 0.25) is 0 Å². The molecule has 2 aromatic heterocycles. The molecule has 0 aliphatic carbocycles. The number of carbonyl (C=O) groups excluding carboxylic acids is 1. The van der Waals surface area contributed by atoms with Crippen LogP contribution in [0.1, 0.15) is 25.2 Å². The van der Waals surface area contributed by atoms with Crippen LogP contribution in [0.2, 0.25) is 0 Å². The van der Waals surface area contributed by atoms with Crippen LogP contribution in [-0.4, -0.2) is 22.5 Å². The Bertz CT molecular complexity index is 453. The topological polar surface area (TPSA) is 104 Å². The summed E-state index contributed by atoms with van der Waals surface area (Å²) < 4.78 is 4.40. The Morgan fingerprint density at radius 1 is 1.00 bits per heavy atom. The van der Waals surface area contributed by atoms with Gasteiger partial charge in [-0.25, -0.2) is 0 Å². The fraction of sp³-hybridized carbons (Fsp3) is 0.312. The SMILES string of the molecule is CCOC(C)=O.NCc1ccccn1.NCc1ccccn1. The van der Waals surface area contributed by atoms with Crippen LogP contribution >= 0.6 is 0 Å². The Morgan fingerprint density at radius 3 is 1.59 bits per heavy atom. The number of rotatable bonds is 3. The molecule has 0 spiro atoms. The van der Waals surface area contributed by atoms with Gasteiger partial charge in [-0.2, -0.15) is 0 Å². The molecule has 4 N–H and O–H groups in total. The van der Waals surface area contributed by atoms with E-state index in [4.69, 9.17) is 11.5 Å². The van der Waals surface area contributed by atoms with Crippen LogP contribution in [0.3, 0.4) is 0 Å². The van der Waals surface area contributed by atoms with Crippen LogP contribution in [0.25, 0.3) is 0 Å². The fourth-order valence-electron chi connectivity index (χ4n) is 1.24. The van der Waals surface area contributed by atoms with Crippen molar-refractivity contribution in [1.82, 2.24) is 9.97 Å². The highest BCUT2D eigenvalue weighted by Crippen LogP contribution is 1.88. The van der Waals surface area contributed by atoms with Gasteiger partial charge in [-0.1, -0.05) is 12.1 Å². The molecule has 0 bridgehead atoms. The number of nitrogens with zero attached hydrogens (tertiary/aromatic N) is 2. The monoisotopic (exact) mass is 304 g/mol. The third kappa shape index (κ3) is 11.5. The van der Waals surface area contributed by atoms with Crippen LogP contribution in [-0.2, 0) is 22.6 Å². The van der Waals surface area contributed by atoms with Crippen molar-refractivity contribution in [3.63, 3.8) is 0 Å². The number of aromatic nitrogens is 2. The van der Waals surface area contributed by atoms with E-state index in [9.17, 15) is 4.79 Å². The summed E-state index contributed by atoms with van der Waals surface area (Å²) in [6, 6.07) is 11.4. The summed E-state index contributed by atoms with van der Waals surface area (Å²) in [5.41, 5.74) is 12.4. The Kier molecular flexibility index (Phi) is 12.2. The first-order valence-corrected chi connectivity index (χ1v) is 6.97. The van der Waals surface area contributed by atoms with E-state index in [1.165, 1.54) is 6.92 Å². The van der Waals surface area contributed by atoms with Gasteiger partial charge >= 0.3 is 5.97 Å². The minimum atomic E-state index is -0.211. The Hall–Kier alpha value is -2.31. The molecule has 0 unspecified atom stereocenters. The summed E-state index contributed by atoms with van der Waals surface area (Å²) in [5, 5.41) is 0. The maximum atomic E-state index is 9.82. The smallest absolute Gasteiger partial charge is 0.302 e. The second-order valence-corrected chi connectivity index (χ2v) is 3.97. The summed E-state index contributed by atoms with van der Waals surface area (Å²) in [6.07, 6.45) is 3.48. The average molecular weight is 304 g/mol. The third-order valence-electron chi connectivity index (χ3n) is 2.22. The number of nitrogens with two attached hydrogens (primary N) is 2. The Balaban J connectivity index is 0.000000306. The second-order valence-electron chi connectivity index (χ2n) is 3.97. The lowest BCUT2D eigenvalue weighted by Gasteiger charge is -1.89. The fourth-order valence-corrected chi connectivity index (χ4v) is 1.24. The van der Waals surface area contributed by atoms with Crippen molar-refractivity contribution in [2.75, 3.05) is 6.61 Å². The lowest BCUT2D eigenvalue weighted by molar-refractivity contribution is -0.140. The highest BCUT2D eigenvalue weighted by atomic mass is 16.5. The summed E-state index contributed by atoms with van der Waals surface area (Å²) in [4.78, 5) is 17.8. The number of hydrogen-bond donors (Lipinski definition) is 2. The first-order chi connectivity index (χ1) is 10.6. The van der Waals surface area contributed by atoms with E-state index in [2.05, 4.69) is 14.7 Å². The summed E-state index contributed by atoms with van der Waals surface area (Å²) in [5.74, 6) is -0.211. The molecule has 120 valence electrons. The van der Waals surface area contributed by atoms with E-state index < -0.39 is 0 Å². The van der Waals surface area contributed by atoms with Crippen molar-refractivity contribution in [2.45, 2.75) is 26.9 Å². The molecule has 0 amide bonds. The molecule has 2 heterocycles. The molecule has 0 fully saturated rings. The van der Waals surface area contributed by atoms with Crippen LogP contribution < -0.4 is 11.5 Å². The van der Waals surface area contributed by atoms with Crippen LogP contribution in [0.4, 0.5) is 0 Å². The van der Waals surface area contributed by atoms with E-state index in [1.807, 2.05) is 36.4 Å². The number of ether oxygens (including phenoxy) is 1. The molecule has 2 rings (SSSR count). The van der Waals surface area contributed by atoms with Gasteiger partial charge in [-0.15, -0.1) is 0 Å². The van der Waals surface area contributed by atoms with Crippen molar-refractivity contribution in [3.05, 3.63) is 60.2 Å². The molecule has 0 atom stereocenters.